The number of hydrogen-bond acceptors (Lipinski definition) is 10. The summed E-state index contributed by atoms with van der Waals surface area (Å²) in [6, 6.07) is 9.37. The van der Waals surface area contributed by atoms with Crippen molar-refractivity contribution in [3.05, 3.63) is 47.2 Å². The van der Waals surface area contributed by atoms with Gasteiger partial charge >= 0.3 is 11.9 Å². The van der Waals surface area contributed by atoms with Gasteiger partial charge in [0.1, 0.15) is 18.0 Å². The Kier molecular flexibility index (Phi) is 8.34. The van der Waals surface area contributed by atoms with E-state index in [-0.39, 0.29) is 29.4 Å². The van der Waals surface area contributed by atoms with Crippen LogP contribution in [0.2, 0.25) is 0 Å². The lowest BCUT2D eigenvalue weighted by Gasteiger charge is -2.52. The molecule has 2 aromatic carbocycles. The highest BCUT2D eigenvalue weighted by Crippen LogP contribution is 2.51. The number of carbonyl (C=O) groups excluding carboxylic acids is 2. The molecule has 0 radical (unpaired) electrons. The number of fused-ring (bicyclic) bond motifs is 6. The molecule has 0 spiro atoms. The van der Waals surface area contributed by atoms with Gasteiger partial charge in [-0.3, -0.25) is 9.69 Å². The fraction of sp³-hybridized carbons (Fsp3) is 0.515. The molecule has 3 aliphatic rings. The van der Waals surface area contributed by atoms with Gasteiger partial charge in [-0.15, -0.1) is 0 Å². The van der Waals surface area contributed by atoms with E-state index in [2.05, 4.69) is 22.0 Å². The average Bonchev–Trinajstić information content (AvgIpc) is 3.43. The quantitative estimate of drug-likeness (QED) is 0.374. The molecule has 2 aliphatic heterocycles. The Morgan fingerprint density at radius 3 is 2.30 bits per heavy atom. The maximum Gasteiger partial charge on any atom is 0.338 e. The van der Waals surface area contributed by atoms with Crippen molar-refractivity contribution in [2.24, 2.45) is 17.8 Å². The van der Waals surface area contributed by atoms with Crippen molar-refractivity contribution < 1.29 is 42.7 Å². The number of carbonyl (C=O) groups is 2. The van der Waals surface area contributed by atoms with Crippen LogP contribution in [0.15, 0.2) is 30.3 Å². The van der Waals surface area contributed by atoms with E-state index in [0.29, 0.717) is 23.7 Å². The minimum Gasteiger partial charge on any atom is -0.497 e. The molecule has 6 rings (SSSR count). The van der Waals surface area contributed by atoms with Crippen LogP contribution < -0.4 is 18.9 Å². The minimum absolute atomic E-state index is 0.0170. The number of H-pyrrole nitrogens is 1. The average molecular weight is 609 g/mol. The molecule has 0 bridgehead atoms. The molecule has 3 aromatic rings. The van der Waals surface area contributed by atoms with Gasteiger partial charge in [0.15, 0.2) is 11.5 Å². The van der Waals surface area contributed by atoms with E-state index in [4.69, 9.17) is 33.2 Å². The van der Waals surface area contributed by atoms with Crippen LogP contribution in [0.5, 0.6) is 23.0 Å². The maximum absolute atomic E-state index is 13.5. The number of nitrogens with zero attached hydrogens (tertiary/aromatic N) is 1. The zero-order valence-electron chi connectivity index (χ0n) is 26.0. The van der Waals surface area contributed by atoms with Crippen LogP contribution in [0.3, 0.4) is 0 Å². The number of aromatic amines is 1. The summed E-state index contributed by atoms with van der Waals surface area (Å²) in [6.45, 7) is 1.67. The molecule has 1 aromatic heterocycles. The zero-order chi connectivity index (χ0) is 31.1. The fourth-order valence-corrected chi connectivity index (χ4v) is 7.75. The molecular formula is C33H40N2O9. The summed E-state index contributed by atoms with van der Waals surface area (Å²) >= 11 is 0. The number of aromatic nitrogens is 1. The van der Waals surface area contributed by atoms with Crippen LogP contribution in [0.25, 0.3) is 10.9 Å². The number of ether oxygens (including phenoxy) is 7. The van der Waals surface area contributed by atoms with Crippen molar-refractivity contribution >= 4 is 22.8 Å². The summed E-state index contributed by atoms with van der Waals surface area (Å²) in [7, 11) is 9.11. The Morgan fingerprint density at radius 1 is 0.909 bits per heavy atom. The van der Waals surface area contributed by atoms with Crippen molar-refractivity contribution in [1.29, 1.82) is 0 Å². The molecule has 1 N–H and O–H groups in total. The monoisotopic (exact) mass is 608 g/mol. The predicted octanol–water partition coefficient (Wildman–Crippen LogP) is 4.17. The first-order chi connectivity index (χ1) is 21.3. The van der Waals surface area contributed by atoms with E-state index in [1.165, 1.54) is 45.1 Å². The Bertz CT molecular complexity index is 1530. The molecule has 1 saturated carbocycles. The second-order valence-corrected chi connectivity index (χ2v) is 11.7. The third-order valence-corrected chi connectivity index (χ3v) is 9.76. The molecule has 1 aliphatic carbocycles. The van der Waals surface area contributed by atoms with Gasteiger partial charge in [0, 0.05) is 36.8 Å². The van der Waals surface area contributed by atoms with Gasteiger partial charge < -0.3 is 38.1 Å². The first kappa shape index (κ1) is 30.1. The number of rotatable bonds is 8. The Labute approximate surface area is 256 Å². The highest BCUT2D eigenvalue weighted by molar-refractivity contribution is 5.91. The third kappa shape index (κ3) is 5.01. The van der Waals surface area contributed by atoms with Crippen LogP contribution in [-0.4, -0.2) is 89.8 Å². The zero-order valence-corrected chi connectivity index (χ0v) is 26.0. The number of esters is 2. The normalized spacial score (nSPS) is 26.1. The standard InChI is InChI=1S/C33H40N2O9/c1-38-19-7-8-23-22(14-19)20-9-10-35-16-18-13-27(44-32(36)17-11-25(39-2)30(41-4)26(12-17)40-3)31(42-5)28(33(37)43-6)21(18)15-24(35)29(20)34-23/h7-8,11-12,14,18,21,24,27-28,31,34H,9-10,13,15-16H2,1-6H3/t18-,21+,24-,27-,28+,31+/m0/s1. The van der Waals surface area contributed by atoms with Crippen LogP contribution >= 0.6 is 0 Å². The highest BCUT2D eigenvalue weighted by atomic mass is 16.6. The van der Waals surface area contributed by atoms with Gasteiger partial charge in [-0.05, 0) is 67.0 Å². The van der Waals surface area contributed by atoms with Crippen LogP contribution in [0, 0.1) is 17.8 Å². The second-order valence-electron chi connectivity index (χ2n) is 11.7. The van der Waals surface area contributed by atoms with Gasteiger partial charge in [-0.25, -0.2) is 4.79 Å². The first-order valence-corrected chi connectivity index (χ1v) is 14.9. The lowest BCUT2D eigenvalue weighted by atomic mass is 9.63. The topological polar surface area (TPSA) is 118 Å². The summed E-state index contributed by atoms with van der Waals surface area (Å²) in [5.41, 5.74) is 3.84. The van der Waals surface area contributed by atoms with Gasteiger partial charge in [0.2, 0.25) is 5.75 Å². The number of benzene rings is 2. The molecule has 0 amide bonds. The lowest BCUT2D eigenvalue weighted by molar-refractivity contribution is -0.176. The summed E-state index contributed by atoms with van der Waals surface area (Å²) in [5.74, 6) is 0.463. The molecule has 11 heteroatoms. The van der Waals surface area contributed by atoms with Crippen LogP contribution in [0.1, 0.15) is 40.5 Å². The summed E-state index contributed by atoms with van der Waals surface area (Å²) in [4.78, 5) is 33.1. The van der Waals surface area contributed by atoms with Crippen molar-refractivity contribution in [1.82, 2.24) is 9.88 Å². The number of methoxy groups -OCH3 is 6. The van der Waals surface area contributed by atoms with E-state index < -0.39 is 24.1 Å². The van der Waals surface area contributed by atoms with Crippen molar-refractivity contribution in [3.8, 4) is 23.0 Å². The molecule has 1 saturated heterocycles. The van der Waals surface area contributed by atoms with Crippen LogP contribution in [-0.2, 0) is 25.4 Å². The molecule has 0 unspecified atom stereocenters. The smallest absolute Gasteiger partial charge is 0.338 e. The largest absolute Gasteiger partial charge is 0.497 e. The van der Waals surface area contributed by atoms with Gasteiger partial charge in [-0.1, -0.05) is 0 Å². The highest BCUT2D eigenvalue weighted by Gasteiger charge is 2.54. The van der Waals surface area contributed by atoms with E-state index in [9.17, 15) is 9.59 Å². The molecule has 3 heterocycles. The molecule has 11 nitrogen and oxygen atoms in total. The van der Waals surface area contributed by atoms with E-state index in [1.807, 2.05) is 6.07 Å². The maximum atomic E-state index is 13.5. The second kappa shape index (κ2) is 12.2. The van der Waals surface area contributed by atoms with E-state index in [1.54, 1.807) is 26.4 Å². The summed E-state index contributed by atoms with van der Waals surface area (Å²) in [5, 5.41) is 1.18. The first-order valence-electron chi connectivity index (χ1n) is 14.9. The van der Waals surface area contributed by atoms with E-state index in [0.717, 1.165) is 37.2 Å². The summed E-state index contributed by atoms with van der Waals surface area (Å²) < 4.78 is 39.1. The van der Waals surface area contributed by atoms with E-state index >= 15 is 0 Å². The van der Waals surface area contributed by atoms with Gasteiger partial charge in [-0.2, -0.15) is 0 Å². The van der Waals surface area contributed by atoms with Gasteiger partial charge in [0.25, 0.3) is 0 Å². The Balaban J connectivity index is 1.29. The van der Waals surface area contributed by atoms with Crippen molar-refractivity contribution in [3.63, 3.8) is 0 Å². The Hall–Kier alpha value is -3.96. The molecule has 6 atom stereocenters. The van der Waals surface area contributed by atoms with Crippen molar-refractivity contribution in [2.45, 2.75) is 37.5 Å². The predicted molar refractivity (Wildman–Crippen MR) is 161 cm³/mol. The lowest BCUT2D eigenvalue weighted by Crippen LogP contribution is -2.58. The van der Waals surface area contributed by atoms with Crippen LogP contribution in [0.4, 0.5) is 0 Å². The number of nitrogens with one attached hydrogen (secondary N) is 1. The molecule has 2 fully saturated rings. The molecule has 44 heavy (non-hydrogen) atoms. The number of piperidine rings is 1. The molecule has 236 valence electrons. The third-order valence-electron chi connectivity index (χ3n) is 9.76. The summed E-state index contributed by atoms with van der Waals surface area (Å²) in [6.07, 6.45) is 0.907. The fourth-order valence-electron chi connectivity index (χ4n) is 7.75. The van der Waals surface area contributed by atoms with Gasteiger partial charge in [0.05, 0.1) is 53.1 Å². The minimum atomic E-state index is -0.670. The Morgan fingerprint density at radius 2 is 1.66 bits per heavy atom. The number of hydrogen-bond donors (Lipinski definition) is 1. The van der Waals surface area contributed by atoms with Crippen molar-refractivity contribution in [2.75, 3.05) is 55.7 Å². The SMILES string of the molecule is COC(=O)[C@@H]1[C@@H]2C[C@H]3c4[nH]c5ccc(OC)cc5c4CCN3C[C@@H]2C[C@H](OC(=O)c2cc(OC)c(OC)c(OC)c2)[C@H]1OC. The molecular weight excluding hydrogens is 568 g/mol.